The highest BCUT2D eigenvalue weighted by Gasteiger charge is 2.03. The Morgan fingerprint density at radius 1 is 1.17 bits per heavy atom. The smallest absolute Gasteiger partial charge is 0.162 e. The first-order valence-corrected chi connectivity index (χ1v) is 3.40. The SMILES string of the molecule is COc1ccc(NF)cc1OC. The molecule has 0 spiro atoms. The van der Waals surface area contributed by atoms with E-state index in [9.17, 15) is 4.48 Å². The minimum Gasteiger partial charge on any atom is -0.493 e. The van der Waals surface area contributed by atoms with Crippen LogP contribution in [0.4, 0.5) is 10.2 Å². The third kappa shape index (κ3) is 1.58. The van der Waals surface area contributed by atoms with Gasteiger partial charge < -0.3 is 9.47 Å². The van der Waals surface area contributed by atoms with Crippen LogP contribution in [0.25, 0.3) is 0 Å². The Morgan fingerprint density at radius 2 is 1.83 bits per heavy atom. The van der Waals surface area contributed by atoms with Gasteiger partial charge in [-0.05, 0) is 12.1 Å². The van der Waals surface area contributed by atoms with E-state index < -0.39 is 0 Å². The number of benzene rings is 1. The second kappa shape index (κ2) is 3.80. The zero-order valence-electron chi connectivity index (χ0n) is 6.93. The van der Waals surface area contributed by atoms with Crippen LogP contribution in [-0.2, 0) is 0 Å². The molecule has 0 bridgehead atoms. The fraction of sp³-hybridized carbons (Fsp3) is 0.250. The number of halogens is 1. The van der Waals surface area contributed by atoms with Crippen LogP contribution < -0.4 is 15.0 Å². The molecule has 1 rings (SSSR count). The minimum atomic E-state index is 0.340. The predicted molar refractivity (Wildman–Crippen MR) is 44.3 cm³/mol. The van der Waals surface area contributed by atoms with Crippen LogP contribution in [0.1, 0.15) is 0 Å². The molecule has 1 N–H and O–H groups in total. The molecule has 0 aliphatic carbocycles. The van der Waals surface area contributed by atoms with Crippen LogP contribution in [0, 0.1) is 0 Å². The number of methoxy groups -OCH3 is 2. The molecule has 0 unspecified atom stereocenters. The van der Waals surface area contributed by atoms with Crippen molar-refractivity contribution in [2.75, 3.05) is 19.8 Å². The van der Waals surface area contributed by atoms with E-state index in [1.807, 2.05) is 0 Å². The lowest BCUT2D eigenvalue weighted by molar-refractivity contribution is 0.355. The Hall–Kier alpha value is -1.45. The molecule has 0 saturated carbocycles. The number of hydrogen-bond acceptors (Lipinski definition) is 3. The van der Waals surface area contributed by atoms with Gasteiger partial charge in [0.15, 0.2) is 11.5 Å². The van der Waals surface area contributed by atoms with Gasteiger partial charge in [0.1, 0.15) is 0 Å². The summed E-state index contributed by atoms with van der Waals surface area (Å²) in [5.74, 6) is 1.08. The number of anilines is 1. The molecule has 0 atom stereocenters. The molecule has 0 aromatic heterocycles. The zero-order chi connectivity index (χ0) is 8.97. The van der Waals surface area contributed by atoms with Gasteiger partial charge in [0, 0.05) is 6.07 Å². The van der Waals surface area contributed by atoms with Gasteiger partial charge in [0.2, 0.25) is 0 Å². The van der Waals surface area contributed by atoms with Crippen molar-refractivity contribution in [2.45, 2.75) is 0 Å². The molecule has 0 amide bonds. The Balaban J connectivity index is 3.02. The van der Waals surface area contributed by atoms with Crippen molar-refractivity contribution in [3.05, 3.63) is 18.2 Å². The third-order valence-electron chi connectivity index (χ3n) is 1.49. The molecule has 0 radical (unpaired) electrons. The topological polar surface area (TPSA) is 30.5 Å². The fourth-order valence-corrected chi connectivity index (χ4v) is 0.895. The van der Waals surface area contributed by atoms with Gasteiger partial charge in [0.05, 0.1) is 19.9 Å². The van der Waals surface area contributed by atoms with E-state index in [0.717, 1.165) is 0 Å². The van der Waals surface area contributed by atoms with Gasteiger partial charge in [-0.3, -0.25) is 0 Å². The van der Waals surface area contributed by atoms with E-state index in [1.165, 1.54) is 25.8 Å². The predicted octanol–water partition coefficient (Wildman–Crippen LogP) is 2.00. The lowest BCUT2D eigenvalue weighted by Gasteiger charge is -2.07. The van der Waals surface area contributed by atoms with Gasteiger partial charge in [-0.2, -0.15) is 0 Å². The Labute approximate surface area is 70.0 Å². The molecular weight excluding hydrogens is 161 g/mol. The van der Waals surface area contributed by atoms with Gasteiger partial charge in [-0.25, -0.2) is 5.54 Å². The molecule has 0 heterocycles. The molecule has 66 valence electrons. The van der Waals surface area contributed by atoms with E-state index in [4.69, 9.17) is 9.47 Å². The first kappa shape index (κ1) is 8.64. The molecule has 4 heteroatoms. The van der Waals surface area contributed by atoms with Gasteiger partial charge in [0.25, 0.3) is 0 Å². The molecule has 0 fully saturated rings. The molecule has 0 aliphatic rings. The summed E-state index contributed by atoms with van der Waals surface area (Å²) in [5, 5.41) is 0. The monoisotopic (exact) mass is 171 g/mol. The molecular formula is C8H10FNO2. The van der Waals surface area contributed by atoms with Crippen LogP contribution >= 0.6 is 0 Å². The maximum atomic E-state index is 11.9. The maximum absolute atomic E-state index is 11.9. The fourth-order valence-electron chi connectivity index (χ4n) is 0.895. The second-order valence-electron chi connectivity index (χ2n) is 2.16. The Kier molecular flexibility index (Phi) is 2.74. The van der Waals surface area contributed by atoms with Crippen molar-refractivity contribution in [3.63, 3.8) is 0 Å². The largest absolute Gasteiger partial charge is 0.493 e. The summed E-state index contributed by atoms with van der Waals surface area (Å²) in [4.78, 5) is 0. The number of hydrogen-bond donors (Lipinski definition) is 1. The molecule has 0 saturated heterocycles. The van der Waals surface area contributed by atoms with Crippen molar-refractivity contribution in [3.8, 4) is 11.5 Å². The minimum absolute atomic E-state index is 0.340. The Morgan fingerprint density at radius 3 is 2.33 bits per heavy atom. The molecule has 1 aromatic carbocycles. The highest BCUT2D eigenvalue weighted by Crippen LogP contribution is 2.29. The standard InChI is InChI=1S/C8H10FNO2/c1-11-7-4-3-6(10-9)5-8(7)12-2/h3-5,10H,1-2H3. The van der Waals surface area contributed by atoms with Crippen LogP contribution in [-0.4, -0.2) is 14.2 Å². The van der Waals surface area contributed by atoms with Gasteiger partial charge in [-0.1, -0.05) is 0 Å². The van der Waals surface area contributed by atoms with Crippen LogP contribution in [0.15, 0.2) is 18.2 Å². The normalized spacial score (nSPS) is 9.25. The lowest BCUT2D eigenvalue weighted by atomic mass is 10.3. The van der Waals surface area contributed by atoms with E-state index in [2.05, 4.69) is 0 Å². The van der Waals surface area contributed by atoms with Crippen molar-refractivity contribution in [1.29, 1.82) is 0 Å². The van der Waals surface area contributed by atoms with Crippen LogP contribution in [0.5, 0.6) is 11.5 Å². The first-order valence-electron chi connectivity index (χ1n) is 3.40. The first-order chi connectivity index (χ1) is 5.81. The third-order valence-corrected chi connectivity index (χ3v) is 1.49. The Bertz CT molecular complexity index is 265. The highest BCUT2D eigenvalue weighted by atomic mass is 19.2. The van der Waals surface area contributed by atoms with Crippen molar-refractivity contribution in [2.24, 2.45) is 0 Å². The molecule has 3 nitrogen and oxygen atoms in total. The van der Waals surface area contributed by atoms with E-state index >= 15 is 0 Å². The maximum Gasteiger partial charge on any atom is 0.162 e. The van der Waals surface area contributed by atoms with E-state index in [1.54, 1.807) is 12.1 Å². The second-order valence-corrected chi connectivity index (χ2v) is 2.16. The molecule has 0 aliphatic heterocycles. The highest BCUT2D eigenvalue weighted by molar-refractivity contribution is 5.53. The van der Waals surface area contributed by atoms with Crippen molar-refractivity contribution < 1.29 is 14.0 Å². The summed E-state index contributed by atoms with van der Waals surface area (Å²) >= 11 is 0. The zero-order valence-corrected chi connectivity index (χ0v) is 6.93. The summed E-state index contributed by atoms with van der Waals surface area (Å²) < 4.78 is 21.8. The molecule has 12 heavy (non-hydrogen) atoms. The number of nitrogens with one attached hydrogen (secondary N) is 1. The lowest BCUT2D eigenvalue weighted by Crippen LogP contribution is -1.91. The van der Waals surface area contributed by atoms with Crippen LogP contribution in [0.3, 0.4) is 0 Å². The average Bonchev–Trinajstić information content (AvgIpc) is 2.16. The average molecular weight is 171 g/mol. The quantitative estimate of drug-likeness (QED) is 0.705. The van der Waals surface area contributed by atoms with E-state index in [-0.39, 0.29) is 0 Å². The van der Waals surface area contributed by atoms with Crippen molar-refractivity contribution in [1.82, 2.24) is 0 Å². The summed E-state index contributed by atoms with van der Waals surface area (Å²) in [6.07, 6.45) is 0. The number of ether oxygens (including phenoxy) is 2. The van der Waals surface area contributed by atoms with Crippen LogP contribution in [0.2, 0.25) is 0 Å². The van der Waals surface area contributed by atoms with Gasteiger partial charge in [-0.15, -0.1) is 4.48 Å². The summed E-state index contributed by atoms with van der Waals surface area (Å²) in [6, 6.07) is 4.70. The summed E-state index contributed by atoms with van der Waals surface area (Å²) in [6.45, 7) is 0. The molecule has 1 aromatic rings. The van der Waals surface area contributed by atoms with Gasteiger partial charge >= 0.3 is 0 Å². The van der Waals surface area contributed by atoms with Crippen molar-refractivity contribution >= 4 is 5.69 Å². The summed E-state index contributed by atoms with van der Waals surface area (Å²) in [5.41, 5.74) is 1.86. The number of rotatable bonds is 3. The van der Waals surface area contributed by atoms with E-state index in [0.29, 0.717) is 17.2 Å². The summed E-state index contributed by atoms with van der Waals surface area (Å²) in [7, 11) is 3.03.